The number of aliphatic imine (C=N–C) groups is 1. The number of nitrogens with two attached hydrogens (primary N) is 1. The van der Waals surface area contributed by atoms with Gasteiger partial charge in [-0.05, 0) is 56.0 Å². The summed E-state index contributed by atoms with van der Waals surface area (Å²) in [6.45, 7) is 4.37. The summed E-state index contributed by atoms with van der Waals surface area (Å²) < 4.78 is 6.89. The van der Waals surface area contributed by atoms with Crippen molar-refractivity contribution in [2.24, 2.45) is 10.7 Å². The van der Waals surface area contributed by atoms with Gasteiger partial charge in [-0.15, -0.1) is 0 Å². The van der Waals surface area contributed by atoms with E-state index in [0.717, 1.165) is 28.3 Å². The molecule has 1 heterocycles. The van der Waals surface area contributed by atoms with Gasteiger partial charge in [0.05, 0.1) is 18.5 Å². The lowest BCUT2D eigenvalue weighted by Gasteiger charge is -2.14. The SMILES string of the molecule is CCn1c(-c2ccc(OC)cc2)c(N=CC(C)=CN)ccc1=O. The summed E-state index contributed by atoms with van der Waals surface area (Å²) in [4.78, 5) is 16.7. The van der Waals surface area contributed by atoms with Crippen molar-refractivity contribution in [3.8, 4) is 17.0 Å². The average Bonchev–Trinajstić information content (AvgIpc) is 2.60. The van der Waals surface area contributed by atoms with Gasteiger partial charge in [0.25, 0.3) is 5.56 Å². The van der Waals surface area contributed by atoms with Crippen molar-refractivity contribution in [2.75, 3.05) is 7.11 Å². The summed E-state index contributed by atoms with van der Waals surface area (Å²) in [5, 5.41) is 0. The van der Waals surface area contributed by atoms with Crippen molar-refractivity contribution in [1.29, 1.82) is 0 Å². The van der Waals surface area contributed by atoms with Crippen LogP contribution in [0.2, 0.25) is 0 Å². The number of rotatable bonds is 5. The lowest BCUT2D eigenvalue weighted by molar-refractivity contribution is 0.415. The van der Waals surface area contributed by atoms with Crippen LogP contribution in [0, 0.1) is 0 Å². The lowest BCUT2D eigenvalue weighted by atomic mass is 10.1. The maximum absolute atomic E-state index is 12.2. The number of pyridine rings is 1. The molecule has 2 N–H and O–H groups in total. The highest BCUT2D eigenvalue weighted by Gasteiger charge is 2.11. The molecule has 1 aromatic heterocycles. The van der Waals surface area contributed by atoms with E-state index >= 15 is 0 Å². The van der Waals surface area contributed by atoms with E-state index in [4.69, 9.17) is 10.5 Å². The minimum absolute atomic E-state index is 0.0524. The number of methoxy groups -OCH3 is 1. The molecule has 0 spiro atoms. The van der Waals surface area contributed by atoms with Crippen LogP contribution in [0.1, 0.15) is 13.8 Å². The van der Waals surface area contributed by atoms with E-state index in [0.29, 0.717) is 6.54 Å². The zero-order chi connectivity index (χ0) is 16.8. The van der Waals surface area contributed by atoms with Crippen LogP contribution in [0.4, 0.5) is 5.69 Å². The fourth-order valence-electron chi connectivity index (χ4n) is 2.25. The zero-order valence-electron chi connectivity index (χ0n) is 13.6. The van der Waals surface area contributed by atoms with Gasteiger partial charge in [0, 0.05) is 24.4 Å². The third-order valence-corrected chi connectivity index (χ3v) is 3.51. The van der Waals surface area contributed by atoms with E-state index in [9.17, 15) is 4.79 Å². The Balaban J connectivity index is 2.63. The van der Waals surface area contributed by atoms with Gasteiger partial charge in [-0.2, -0.15) is 0 Å². The number of hydrogen-bond donors (Lipinski definition) is 1. The van der Waals surface area contributed by atoms with Crippen LogP contribution < -0.4 is 16.0 Å². The Morgan fingerprint density at radius 3 is 2.52 bits per heavy atom. The second-order valence-corrected chi connectivity index (χ2v) is 5.05. The number of benzene rings is 1. The van der Waals surface area contributed by atoms with Gasteiger partial charge < -0.3 is 15.0 Å². The van der Waals surface area contributed by atoms with Crippen molar-refractivity contribution >= 4 is 11.9 Å². The van der Waals surface area contributed by atoms with Crippen LogP contribution in [0.25, 0.3) is 11.3 Å². The van der Waals surface area contributed by atoms with Crippen LogP contribution in [-0.4, -0.2) is 17.9 Å². The van der Waals surface area contributed by atoms with Crippen LogP contribution in [0.3, 0.4) is 0 Å². The number of ether oxygens (including phenoxy) is 1. The molecule has 23 heavy (non-hydrogen) atoms. The first-order valence-electron chi connectivity index (χ1n) is 7.41. The second-order valence-electron chi connectivity index (χ2n) is 5.05. The van der Waals surface area contributed by atoms with E-state index in [-0.39, 0.29) is 5.56 Å². The van der Waals surface area contributed by atoms with Gasteiger partial charge >= 0.3 is 0 Å². The van der Waals surface area contributed by atoms with Gasteiger partial charge in [0.1, 0.15) is 5.75 Å². The summed E-state index contributed by atoms with van der Waals surface area (Å²) in [7, 11) is 1.62. The zero-order valence-corrected chi connectivity index (χ0v) is 13.6. The summed E-state index contributed by atoms with van der Waals surface area (Å²) in [6, 6.07) is 10.8. The minimum Gasteiger partial charge on any atom is -0.497 e. The van der Waals surface area contributed by atoms with Gasteiger partial charge in [0.15, 0.2) is 0 Å². The number of nitrogens with zero attached hydrogens (tertiary/aromatic N) is 2. The Morgan fingerprint density at radius 1 is 1.26 bits per heavy atom. The van der Waals surface area contributed by atoms with Crippen molar-refractivity contribution in [3.05, 3.63) is 58.5 Å². The van der Waals surface area contributed by atoms with E-state index in [1.54, 1.807) is 24.0 Å². The third-order valence-electron chi connectivity index (χ3n) is 3.51. The largest absolute Gasteiger partial charge is 0.497 e. The summed E-state index contributed by atoms with van der Waals surface area (Å²) in [6.07, 6.45) is 3.18. The molecule has 0 atom stereocenters. The van der Waals surface area contributed by atoms with Crippen molar-refractivity contribution in [2.45, 2.75) is 20.4 Å². The Labute approximate surface area is 135 Å². The normalized spacial score (nSPS) is 11.9. The van der Waals surface area contributed by atoms with E-state index in [2.05, 4.69) is 4.99 Å². The van der Waals surface area contributed by atoms with Crippen molar-refractivity contribution in [3.63, 3.8) is 0 Å². The highest BCUT2D eigenvalue weighted by atomic mass is 16.5. The molecule has 2 rings (SSSR count). The standard InChI is InChI=1S/C18H21N3O2/c1-4-21-17(22)10-9-16(20-12-13(2)11-19)18(21)14-5-7-15(23-3)8-6-14/h5-12H,4,19H2,1-3H3. The van der Waals surface area contributed by atoms with Crippen molar-refractivity contribution in [1.82, 2.24) is 4.57 Å². The molecule has 0 radical (unpaired) electrons. The Hall–Kier alpha value is -2.82. The molecule has 0 amide bonds. The summed E-state index contributed by atoms with van der Waals surface area (Å²) in [5.74, 6) is 0.766. The molecule has 0 aliphatic rings. The van der Waals surface area contributed by atoms with E-state index < -0.39 is 0 Å². The smallest absolute Gasteiger partial charge is 0.251 e. The predicted molar refractivity (Wildman–Crippen MR) is 94.5 cm³/mol. The summed E-state index contributed by atoms with van der Waals surface area (Å²) in [5.41, 5.74) is 8.68. The molecule has 2 aromatic rings. The first-order chi connectivity index (χ1) is 11.1. The number of aromatic nitrogens is 1. The maximum atomic E-state index is 12.2. The third kappa shape index (κ3) is 3.69. The van der Waals surface area contributed by atoms with Crippen LogP contribution >= 0.6 is 0 Å². The molecule has 0 fully saturated rings. The fourth-order valence-corrected chi connectivity index (χ4v) is 2.25. The molecule has 0 bridgehead atoms. The predicted octanol–water partition coefficient (Wildman–Crippen LogP) is 3.11. The quantitative estimate of drug-likeness (QED) is 0.863. The summed E-state index contributed by atoms with van der Waals surface area (Å²) >= 11 is 0. The van der Waals surface area contributed by atoms with Gasteiger partial charge in [-0.25, -0.2) is 0 Å². The molecular formula is C18H21N3O2. The Morgan fingerprint density at radius 2 is 1.96 bits per heavy atom. The topological polar surface area (TPSA) is 69.6 Å². The first kappa shape index (κ1) is 16.5. The Kier molecular flexibility index (Phi) is 5.36. The van der Waals surface area contributed by atoms with E-state index in [1.807, 2.05) is 38.1 Å². The monoisotopic (exact) mass is 311 g/mol. The highest BCUT2D eigenvalue weighted by Crippen LogP contribution is 2.30. The molecule has 1 aromatic carbocycles. The molecular weight excluding hydrogens is 290 g/mol. The molecule has 120 valence electrons. The lowest BCUT2D eigenvalue weighted by Crippen LogP contribution is -2.19. The maximum Gasteiger partial charge on any atom is 0.251 e. The Bertz CT molecular complexity index is 787. The molecule has 0 aliphatic carbocycles. The molecule has 0 unspecified atom stereocenters. The van der Waals surface area contributed by atoms with Crippen molar-refractivity contribution < 1.29 is 4.74 Å². The van der Waals surface area contributed by atoms with Crippen LogP contribution in [-0.2, 0) is 6.54 Å². The van der Waals surface area contributed by atoms with Crippen LogP contribution in [0.15, 0.2) is 58.0 Å². The van der Waals surface area contributed by atoms with Gasteiger partial charge in [0.2, 0.25) is 0 Å². The van der Waals surface area contributed by atoms with E-state index in [1.165, 1.54) is 12.3 Å². The molecule has 0 saturated heterocycles. The highest BCUT2D eigenvalue weighted by molar-refractivity contribution is 5.83. The number of hydrogen-bond acceptors (Lipinski definition) is 4. The molecule has 0 aliphatic heterocycles. The average molecular weight is 311 g/mol. The first-order valence-corrected chi connectivity index (χ1v) is 7.41. The number of allylic oxidation sites excluding steroid dienone is 1. The minimum atomic E-state index is -0.0524. The second kappa shape index (κ2) is 7.45. The van der Waals surface area contributed by atoms with Gasteiger partial charge in [-0.1, -0.05) is 0 Å². The van der Waals surface area contributed by atoms with Crippen LogP contribution in [0.5, 0.6) is 5.75 Å². The molecule has 5 nitrogen and oxygen atoms in total. The molecule has 0 saturated carbocycles. The fraction of sp³-hybridized carbons (Fsp3) is 0.222. The molecule has 5 heteroatoms. The van der Waals surface area contributed by atoms with Gasteiger partial charge in [-0.3, -0.25) is 9.79 Å².